The molecule has 59 valence electrons. The van der Waals surface area contributed by atoms with Crippen molar-refractivity contribution in [1.82, 2.24) is 0 Å². The Morgan fingerprint density at radius 3 is 2.82 bits per heavy atom. The summed E-state index contributed by atoms with van der Waals surface area (Å²) in [6.45, 7) is 0. The number of benzene rings is 1. The molecule has 0 spiro atoms. The van der Waals surface area contributed by atoms with Crippen LogP contribution in [0.4, 0.5) is 0 Å². The predicted octanol–water partition coefficient (Wildman–Crippen LogP) is 0.625. The van der Waals surface area contributed by atoms with Gasteiger partial charge in [-0.15, -0.1) is 0 Å². The van der Waals surface area contributed by atoms with E-state index in [0.29, 0.717) is 0 Å². The second kappa shape index (κ2) is 4.08. The quantitative estimate of drug-likeness (QED) is 0.625. The third-order valence-electron chi connectivity index (χ3n) is 1.36. The van der Waals surface area contributed by atoms with Crippen LogP contribution in [0.25, 0.3) is 0 Å². The first-order chi connectivity index (χ1) is 5.24. The van der Waals surface area contributed by atoms with Crippen LogP contribution in [0.3, 0.4) is 0 Å². The molecule has 0 unspecified atom stereocenters. The molecule has 0 fully saturated rings. The number of hydrogen-bond acceptors (Lipinski definition) is 2. The zero-order valence-electron chi connectivity index (χ0n) is 6.12. The van der Waals surface area contributed by atoms with Crippen molar-refractivity contribution in [2.24, 2.45) is 0 Å². The highest BCUT2D eigenvalue weighted by Crippen LogP contribution is 2.00. The second-order valence-electron chi connectivity index (χ2n) is 2.14. The predicted molar refractivity (Wildman–Crippen MR) is 53.8 cm³/mol. The van der Waals surface area contributed by atoms with E-state index in [2.05, 4.69) is 22.6 Å². The molecule has 0 heterocycles. The van der Waals surface area contributed by atoms with Crippen molar-refractivity contribution < 1.29 is 9.68 Å². The van der Waals surface area contributed by atoms with E-state index in [9.17, 15) is 5.02 Å². The molecule has 0 bridgehead atoms. The molecule has 1 aromatic rings. The van der Waals surface area contributed by atoms with Gasteiger partial charge in [-0.1, -0.05) is 18.2 Å². The Balaban J connectivity index is 2.86. The monoisotopic (exact) mass is 262 g/mol. The van der Waals surface area contributed by atoms with Crippen LogP contribution in [0.5, 0.6) is 0 Å². The minimum absolute atomic E-state index is 0.791. The van der Waals surface area contributed by atoms with Gasteiger partial charge in [-0.2, -0.15) is 5.46 Å². The molecule has 1 N–H and O–H groups in total. The number of rotatable bonds is 2. The van der Waals surface area contributed by atoms with Gasteiger partial charge in [-0.05, 0) is 35.8 Å². The zero-order valence-corrected chi connectivity index (χ0v) is 8.28. The van der Waals surface area contributed by atoms with Crippen LogP contribution in [0.2, 0.25) is 0 Å². The molecule has 0 aliphatic rings. The van der Waals surface area contributed by atoms with Gasteiger partial charge in [0.05, 0.1) is 0 Å². The van der Waals surface area contributed by atoms with Crippen molar-refractivity contribution in [3.63, 3.8) is 0 Å². The van der Waals surface area contributed by atoms with Crippen LogP contribution < -0.4 is 5.46 Å². The van der Waals surface area contributed by atoms with Crippen molar-refractivity contribution in [3.05, 3.63) is 27.8 Å². The standard InChI is InChI=1S/C7H8BIO2/c1-11-8(10)6-3-2-4-7(9)5-6/h2-5,10H,1H3/q-1. The van der Waals surface area contributed by atoms with Gasteiger partial charge in [0, 0.05) is 3.57 Å². The van der Waals surface area contributed by atoms with Crippen LogP contribution in [0.15, 0.2) is 24.3 Å². The number of halogens is 1. The highest BCUT2D eigenvalue weighted by Gasteiger charge is 1.95. The van der Waals surface area contributed by atoms with Crippen molar-refractivity contribution in [2.75, 3.05) is 7.11 Å². The van der Waals surface area contributed by atoms with Crippen LogP contribution in [0, 0.1) is 3.57 Å². The van der Waals surface area contributed by atoms with E-state index in [1.165, 1.54) is 7.11 Å². The minimum Gasteiger partial charge on any atom is -0.601 e. The van der Waals surface area contributed by atoms with Crippen LogP contribution in [-0.2, 0) is 4.65 Å². The molecule has 1 rings (SSSR count). The van der Waals surface area contributed by atoms with E-state index in [1.807, 2.05) is 24.3 Å². The lowest BCUT2D eigenvalue weighted by Crippen LogP contribution is -2.32. The van der Waals surface area contributed by atoms with Gasteiger partial charge in [-0.3, -0.25) is 0 Å². The molecule has 0 amide bonds. The van der Waals surface area contributed by atoms with Crippen molar-refractivity contribution >= 4 is 35.2 Å². The fraction of sp³-hybridized carbons (Fsp3) is 0.143. The molecule has 0 aliphatic carbocycles. The Hall–Kier alpha value is -0.0651. The maximum atomic E-state index is 9.23. The average Bonchev–Trinajstić information content (AvgIpc) is 2.03. The SMILES string of the molecule is CO[B-](O)c1cccc(I)c1. The van der Waals surface area contributed by atoms with E-state index in [0.717, 1.165) is 9.03 Å². The van der Waals surface area contributed by atoms with Gasteiger partial charge < -0.3 is 9.68 Å². The molecule has 0 atom stereocenters. The van der Waals surface area contributed by atoms with Gasteiger partial charge in [0.2, 0.25) is 0 Å². The third kappa shape index (κ3) is 2.46. The first kappa shape index (κ1) is 9.03. The summed E-state index contributed by atoms with van der Waals surface area (Å²) in [5, 5.41) is 9.23. The van der Waals surface area contributed by atoms with E-state index in [4.69, 9.17) is 4.65 Å². The van der Waals surface area contributed by atoms with E-state index in [1.54, 1.807) is 0 Å². The summed E-state index contributed by atoms with van der Waals surface area (Å²) in [4.78, 5) is 0. The Morgan fingerprint density at radius 1 is 1.55 bits per heavy atom. The molecule has 1 radical (unpaired) electrons. The Labute approximate surface area is 79.9 Å². The first-order valence-electron chi connectivity index (χ1n) is 3.20. The lowest BCUT2D eigenvalue weighted by molar-refractivity contribution is 0.341. The molecular formula is C7H8BIO2-. The van der Waals surface area contributed by atoms with Gasteiger partial charge in [0.15, 0.2) is 7.12 Å². The first-order valence-corrected chi connectivity index (χ1v) is 4.28. The fourth-order valence-corrected chi connectivity index (χ4v) is 1.36. The molecule has 0 saturated carbocycles. The maximum absolute atomic E-state index is 9.23. The largest absolute Gasteiger partial charge is 0.601 e. The highest BCUT2D eigenvalue weighted by atomic mass is 127. The Morgan fingerprint density at radius 2 is 2.27 bits per heavy atom. The molecule has 0 aliphatic heterocycles. The van der Waals surface area contributed by atoms with Gasteiger partial charge >= 0.3 is 0 Å². The summed E-state index contributed by atoms with van der Waals surface area (Å²) >= 11 is 2.19. The normalized spacial score (nSPS) is 10.5. The summed E-state index contributed by atoms with van der Waals surface area (Å²) in [5.41, 5.74) is 0.791. The lowest BCUT2D eigenvalue weighted by Gasteiger charge is -2.19. The summed E-state index contributed by atoms with van der Waals surface area (Å²) in [6, 6.07) is 7.57. The summed E-state index contributed by atoms with van der Waals surface area (Å²) < 4.78 is 5.84. The Kier molecular flexibility index (Phi) is 3.35. The van der Waals surface area contributed by atoms with Gasteiger partial charge in [0.25, 0.3) is 0 Å². The zero-order chi connectivity index (χ0) is 8.27. The summed E-state index contributed by atoms with van der Waals surface area (Å²) in [6.07, 6.45) is 0. The molecule has 2 nitrogen and oxygen atoms in total. The lowest BCUT2D eigenvalue weighted by atomic mass is 9.80. The van der Waals surface area contributed by atoms with Crippen molar-refractivity contribution in [1.29, 1.82) is 0 Å². The van der Waals surface area contributed by atoms with Crippen LogP contribution in [-0.4, -0.2) is 19.3 Å². The van der Waals surface area contributed by atoms with Crippen LogP contribution >= 0.6 is 22.6 Å². The molecule has 0 saturated heterocycles. The third-order valence-corrected chi connectivity index (χ3v) is 2.03. The van der Waals surface area contributed by atoms with Crippen molar-refractivity contribution in [2.45, 2.75) is 0 Å². The summed E-state index contributed by atoms with van der Waals surface area (Å²) in [5.74, 6) is 0. The number of hydrogen-bond donors (Lipinski definition) is 1. The minimum atomic E-state index is -0.801. The molecule has 0 aromatic heterocycles. The van der Waals surface area contributed by atoms with E-state index >= 15 is 0 Å². The average molecular weight is 262 g/mol. The second-order valence-corrected chi connectivity index (χ2v) is 3.39. The highest BCUT2D eigenvalue weighted by molar-refractivity contribution is 14.1. The van der Waals surface area contributed by atoms with Gasteiger partial charge in [-0.25, -0.2) is 0 Å². The molecule has 11 heavy (non-hydrogen) atoms. The fourth-order valence-electron chi connectivity index (χ4n) is 0.796. The van der Waals surface area contributed by atoms with Crippen LogP contribution in [0.1, 0.15) is 0 Å². The Bertz CT molecular complexity index is 242. The maximum Gasteiger partial charge on any atom is 0.170 e. The molecule has 4 heteroatoms. The molecule has 1 aromatic carbocycles. The molecular weight excluding hydrogens is 254 g/mol. The topological polar surface area (TPSA) is 29.5 Å². The van der Waals surface area contributed by atoms with Crippen molar-refractivity contribution in [3.8, 4) is 0 Å². The summed E-state index contributed by atoms with van der Waals surface area (Å²) in [7, 11) is 0.676. The van der Waals surface area contributed by atoms with Gasteiger partial charge in [0.1, 0.15) is 0 Å². The smallest absolute Gasteiger partial charge is 0.170 e. The van der Waals surface area contributed by atoms with E-state index in [-0.39, 0.29) is 0 Å². The van der Waals surface area contributed by atoms with E-state index < -0.39 is 7.12 Å².